The molecule has 0 radical (unpaired) electrons. The van der Waals surface area contributed by atoms with Crippen LogP contribution in [0.15, 0.2) is 78.9 Å². The second kappa shape index (κ2) is 7.23. The molecule has 0 spiro atoms. The molecule has 0 aromatic heterocycles. The summed E-state index contributed by atoms with van der Waals surface area (Å²) < 4.78 is 19.7. The lowest BCUT2D eigenvalue weighted by molar-refractivity contribution is -0.130. The summed E-state index contributed by atoms with van der Waals surface area (Å²) in [5.41, 5.74) is 2.98. The Morgan fingerprint density at radius 1 is 0.923 bits per heavy atom. The number of carbonyl (C=O) groups is 1. The highest BCUT2D eigenvalue weighted by atomic mass is 19.1. The van der Waals surface area contributed by atoms with E-state index < -0.39 is 5.97 Å². The van der Waals surface area contributed by atoms with Gasteiger partial charge in [0.15, 0.2) is 0 Å². The number of ether oxygens (including phenoxy) is 1. The quantitative estimate of drug-likeness (QED) is 0.393. The van der Waals surface area contributed by atoms with E-state index in [0.29, 0.717) is 28.0 Å². The van der Waals surface area contributed by atoms with Crippen molar-refractivity contribution in [3.63, 3.8) is 0 Å². The van der Waals surface area contributed by atoms with E-state index in [1.807, 2.05) is 6.07 Å². The molecule has 1 N–H and O–H groups in total. The largest absolute Gasteiger partial charge is 0.508 e. The van der Waals surface area contributed by atoms with Gasteiger partial charge in [0.25, 0.3) is 0 Å². The van der Waals surface area contributed by atoms with Crippen LogP contribution in [0.1, 0.15) is 6.92 Å². The first-order valence-electron chi connectivity index (χ1n) is 8.01. The molecule has 0 unspecified atom stereocenters. The normalized spacial score (nSPS) is 10.4. The molecule has 4 heteroatoms. The molecule has 3 nitrogen and oxygen atoms in total. The summed E-state index contributed by atoms with van der Waals surface area (Å²) in [6, 6.07) is 18.2. The molecule has 0 bridgehead atoms. The Balaban J connectivity index is 1.84. The SMILES string of the molecule is C=C(C)C(=O)Oc1ccc(-c2ccc(-c3ccc(O)cc3)c(F)c2)cc1. The number of hydrogen-bond acceptors (Lipinski definition) is 3. The van der Waals surface area contributed by atoms with Crippen LogP contribution < -0.4 is 4.74 Å². The molecule has 0 amide bonds. The van der Waals surface area contributed by atoms with Gasteiger partial charge in [-0.25, -0.2) is 9.18 Å². The minimum absolute atomic E-state index is 0.137. The molecule has 0 aliphatic rings. The van der Waals surface area contributed by atoms with Gasteiger partial charge in [0.2, 0.25) is 0 Å². The molecule has 0 saturated carbocycles. The zero-order valence-electron chi connectivity index (χ0n) is 14.2. The maximum Gasteiger partial charge on any atom is 0.338 e. The van der Waals surface area contributed by atoms with Crippen LogP contribution in [0.25, 0.3) is 22.3 Å². The lowest BCUT2D eigenvalue weighted by Gasteiger charge is -2.08. The fraction of sp³-hybridized carbons (Fsp3) is 0.0455. The third-order valence-corrected chi connectivity index (χ3v) is 3.89. The minimum atomic E-state index is -0.484. The van der Waals surface area contributed by atoms with Crippen molar-refractivity contribution in [3.05, 3.63) is 84.7 Å². The Kier molecular flexibility index (Phi) is 4.85. The number of aromatic hydroxyl groups is 1. The fourth-order valence-electron chi connectivity index (χ4n) is 2.48. The molecular weight excluding hydrogens is 331 g/mol. The van der Waals surface area contributed by atoms with Gasteiger partial charge in [-0.05, 0) is 53.9 Å². The summed E-state index contributed by atoms with van der Waals surface area (Å²) in [6.07, 6.45) is 0. The Bertz CT molecular complexity index is 958. The molecule has 3 rings (SSSR count). The molecule has 130 valence electrons. The number of halogens is 1. The van der Waals surface area contributed by atoms with Gasteiger partial charge in [-0.1, -0.05) is 43.0 Å². The van der Waals surface area contributed by atoms with Gasteiger partial charge in [0.1, 0.15) is 17.3 Å². The third kappa shape index (κ3) is 3.81. The van der Waals surface area contributed by atoms with Gasteiger partial charge < -0.3 is 9.84 Å². The molecular formula is C22H17FO3. The lowest BCUT2D eigenvalue weighted by Crippen LogP contribution is -2.07. The van der Waals surface area contributed by atoms with Crippen LogP contribution in [-0.4, -0.2) is 11.1 Å². The predicted molar refractivity (Wildman–Crippen MR) is 99.4 cm³/mol. The highest BCUT2D eigenvalue weighted by molar-refractivity contribution is 5.88. The first-order chi connectivity index (χ1) is 12.4. The zero-order chi connectivity index (χ0) is 18.7. The van der Waals surface area contributed by atoms with E-state index in [9.17, 15) is 14.3 Å². The van der Waals surface area contributed by atoms with E-state index in [1.165, 1.54) is 18.2 Å². The second-order valence-electron chi connectivity index (χ2n) is 5.94. The van der Waals surface area contributed by atoms with Crippen molar-refractivity contribution in [1.82, 2.24) is 0 Å². The summed E-state index contributed by atoms with van der Waals surface area (Å²) in [4.78, 5) is 11.5. The number of hydrogen-bond donors (Lipinski definition) is 1. The summed E-state index contributed by atoms with van der Waals surface area (Å²) in [5, 5.41) is 9.34. The molecule has 0 aliphatic carbocycles. The molecule has 3 aromatic rings. The van der Waals surface area contributed by atoms with Crippen molar-refractivity contribution in [2.24, 2.45) is 0 Å². The second-order valence-corrected chi connectivity index (χ2v) is 5.94. The molecule has 0 heterocycles. The van der Waals surface area contributed by atoms with E-state index in [0.717, 1.165) is 5.56 Å². The number of rotatable bonds is 4. The van der Waals surface area contributed by atoms with E-state index >= 15 is 0 Å². The van der Waals surface area contributed by atoms with E-state index in [-0.39, 0.29) is 11.6 Å². The van der Waals surface area contributed by atoms with Crippen LogP contribution in [0, 0.1) is 5.82 Å². The molecule has 0 atom stereocenters. The van der Waals surface area contributed by atoms with Crippen LogP contribution in [0.5, 0.6) is 11.5 Å². The van der Waals surface area contributed by atoms with E-state index in [2.05, 4.69) is 6.58 Å². The van der Waals surface area contributed by atoms with Gasteiger partial charge in [0, 0.05) is 11.1 Å². The monoisotopic (exact) mass is 348 g/mol. The lowest BCUT2D eigenvalue weighted by atomic mass is 9.99. The highest BCUT2D eigenvalue weighted by Gasteiger charge is 2.09. The van der Waals surface area contributed by atoms with Crippen LogP contribution in [0.3, 0.4) is 0 Å². The van der Waals surface area contributed by atoms with E-state index in [4.69, 9.17) is 4.74 Å². The number of phenolic OH excluding ortho intramolecular Hbond substituents is 1. The minimum Gasteiger partial charge on any atom is -0.508 e. The summed E-state index contributed by atoms with van der Waals surface area (Å²) >= 11 is 0. The maximum absolute atomic E-state index is 14.5. The summed E-state index contributed by atoms with van der Waals surface area (Å²) in [6.45, 7) is 5.11. The first kappa shape index (κ1) is 17.4. The van der Waals surface area contributed by atoms with Gasteiger partial charge in [-0.2, -0.15) is 0 Å². The van der Waals surface area contributed by atoms with Gasteiger partial charge >= 0.3 is 5.97 Å². The standard InChI is InChI=1S/C22H17FO3/c1-14(2)22(25)26-19-10-5-15(6-11-19)17-7-12-20(21(23)13-17)16-3-8-18(24)9-4-16/h3-13,24H,1H2,2H3. The van der Waals surface area contributed by atoms with Crippen molar-refractivity contribution >= 4 is 5.97 Å². The Labute approximate surface area is 151 Å². The van der Waals surface area contributed by atoms with Crippen molar-refractivity contribution in [1.29, 1.82) is 0 Å². The number of phenols is 1. The fourth-order valence-corrected chi connectivity index (χ4v) is 2.48. The van der Waals surface area contributed by atoms with Gasteiger partial charge in [0.05, 0.1) is 0 Å². The van der Waals surface area contributed by atoms with Gasteiger partial charge in [-0.3, -0.25) is 0 Å². The van der Waals surface area contributed by atoms with Crippen molar-refractivity contribution in [2.45, 2.75) is 6.92 Å². The Morgan fingerprint density at radius 2 is 1.50 bits per heavy atom. The molecule has 0 aliphatic heterocycles. The smallest absolute Gasteiger partial charge is 0.338 e. The Morgan fingerprint density at radius 3 is 2.08 bits per heavy atom. The first-order valence-corrected chi connectivity index (χ1v) is 8.01. The number of esters is 1. The predicted octanol–water partition coefficient (Wildman–Crippen LogP) is 5.35. The van der Waals surface area contributed by atoms with Crippen LogP contribution in [0.4, 0.5) is 4.39 Å². The van der Waals surface area contributed by atoms with E-state index in [1.54, 1.807) is 49.4 Å². The summed E-state index contributed by atoms with van der Waals surface area (Å²) in [5.74, 6) is -0.297. The molecule has 3 aromatic carbocycles. The number of benzene rings is 3. The van der Waals surface area contributed by atoms with Crippen LogP contribution in [-0.2, 0) is 4.79 Å². The average Bonchev–Trinajstić information content (AvgIpc) is 2.63. The highest BCUT2D eigenvalue weighted by Crippen LogP contribution is 2.29. The molecule has 0 saturated heterocycles. The maximum atomic E-state index is 14.5. The van der Waals surface area contributed by atoms with Crippen molar-refractivity contribution in [2.75, 3.05) is 0 Å². The number of carbonyl (C=O) groups excluding carboxylic acids is 1. The Hall–Kier alpha value is -3.40. The molecule has 26 heavy (non-hydrogen) atoms. The zero-order valence-corrected chi connectivity index (χ0v) is 14.2. The van der Waals surface area contributed by atoms with Crippen LogP contribution in [0.2, 0.25) is 0 Å². The molecule has 0 fully saturated rings. The average molecular weight is 348 g/mol. The topological polar surface area (TPSA) is 46.5 Å². The summed E-state index contributed by atoms with van der Waals surface area (Å²) in [7, 11) is 0. The van der Waals surface area contributed by atoms with Crippen molar-refractivity contribution in [3.8, 4) is 33.8 Å². The third-order valence-electron chi connectivity index (χ3n) is 3.89. The van der Waals surface area contributed by atoms with Gasteiger partial charge in [-0.15, -0.1) is 0 Å². The van der Waals surface area contributed by atoms with Crippen molar-refractivity contribution < 1.29 is 19.0 Å². The van der Waals surface area contributed by atoms with Crippen LogP contribution >= 0.6 is 0 Å².